The molecular weight excluding hydrogens is 224 g/mol. The largest absolute Gasteiger partial charge is 0.380 e. The van der Waals surface area contributed by atoms with Gasteiger partial charge in [0.15, 0.2) is 0 Å². The van der Waals surface area contributed by atoms with Gasteiger partial charge in [-0.15, -0.1) is 0 Å². The maximum atomic E-state index is 13.2. The molecule has 0 aliphatic rings. The molecule has 0 spiro atoms. The van der Waals surface area contributed by atoms with E-state index in [4.69, 9.17) is 4.74 Å². The zero-order valence-corrected chi connectivity index (χ0v) is 10.5. The van der Waals surface area contributed by atoms with Gasteiger partial charge in [0.25, 0.3) is 0 Å². The van der Waals surface area contributed by atoms with Gasteiger partial charge in [-0.05, 0) is 37.6 Å². The van der Waals surface area contributed by atoms with Crippen LogP contribution in [0.5, 0.6) is 0 Å². The molecule has 0 aromatic heterocycles. The van der Waals surface area contributed by atoms with E-state index in [-0.39, 0.29) is 12.1 Å². The van der Waals surface area contributed by atoms with E-state index in [1.807, 2.05) is 13.8 Å². The lowest BCUT2D eigenvalue weighted by atomic mass is 10.0. The minimum Gasteiger partial charge on any atom is -0.380 e. The van der Waals surface area contributed by atoms with Crippen molar-refractivity contribution in [2.24, 2.45) is 0 Å². The van der Waals surface area contributed by atoms with Gasteiger partial charge in [0.05, 0.1) is 12.1 Å². The highest BCUT2D eigenvalue weighted by Crippen LogP contribution is 2.21. The van der Waals surface area contributed by atoms with E-state index in [1.165, 1.54) is 12.1 Å². The Kier molecular flexibility index (Phi) is 5.51. The second kappa shape index (κ2) is 6.67. The van der Waals surface area contributed by atoms with E-state index >= 15 is 0 Å². The molecule has 1 rings (SSSR count). The number of methoxy groups -OCH3 is 1. The van der Waals surface area contributed by atoms with Crippen LogP contribution >= 0.6 is 0 Å². The first kappa shape index (κ1) is 14.1. The SMILES string of the molecule is CCCNC(c1cc(F)cc(F)c1)C(C)OC. The first-order valence-corrected chi connectivity index (χ1v) is 5.80. The molecule has 0 amide bonds. The molecule has 0 aliphatic carbocycles. The van der Waals surface area contributed by atoms with Crippen LogP contribution < -0.4 is 5.32 Å². The average Bonchev–Trinajstić information content (AvgIpc) is 2.28. The first-order chi connectivity index (χ1) is 8.08. The lowest BCUT2D eigenvalue weighted by Crippen LogP contribution is -2.32. The fourth-order valence-corrected chi connectivity index (χ4v) is 1.75. The molecule has 0 heterocycles. The van der Waals surface area contributed by atoms with Gasteiger partial charge in [0.2, 0.25) is 0 Å². The van der Waals surface area contributed by atoms with Gasteiger partial charge in [-0.2, -0.15) is 0 Å². The Labute approximate surface area is 101 Å². The van der Waals surface area contributed by atoms with Crippen molar-refractivity contribution in [1.29, 1.82) is 0 Å². The summed E-state index contributed by atoms with van der Waals surface area (Å²) < 4.78 is 31.6. The van der Waals surface area contributed by atoms with Gasteiger partial charge in [0, 0.05) is 13.2 Å². The van der Waals surface area contributed by atoms with Crippen LogP contribution in [0.2, 0.25) is 0 Å². The highest BCUT2D eigenvalue weighted by molar-refractivity contribution is 5.22. The van der Waals surface area contributed by atoms with Crippen molar-refractivity contribution in [3.8, 4) is 0 Å². The Hall–Kier alpha value is -1.00. The summed E-state index contributed by atoms with van der Waals surface area (Å²) in [6, 6.07) is 3.35. The third-order valence-electron chi connectivity index (χ3n) is 2.70. The molecule has 0 saturated heterocycles. The number of halogens is 2. The van der Waals surface area contributed by atoms with E-state index < -0.39 is 11.6 Å². The second-order valence-electron chi connectivity index (χ2n) is 4.08. The molecule has 0 fully saturated rings. The van der Waals surface area contributed by atoms with Crippen molar-refractivity contribution in [3.63, 3.8) is 0 Å². The summed E-state index contributed by atoms with van der Waals surface area (Å²) in [6.07, 6.45) is 0.799. The number of rotatable bonds is 6. The Morgan fingerprint density at radius 3 is 2.29 bits per heavy atom. The Morgan fingerprint density at radius 1 is 1.24 bits per heavy atom. The van der Waals surface area contributed by atoms with Crippen LogP contribution in [0.4, 0.5) is 8.78 Å². The fraction of sp³-hybridized carbons (Fsp3) is 0.538. The quantitative estimate of drug-likeness (QED) is 0.829. The second-order valence-corrected chi connectivity index (χ2v) is 4.08. The van der Waals surface area contributed by atoms with Crippen LogP contribution in [0, 0.1) is 11.6 Å². The number of ether oxygens (including phenoxy) is 1. The molecule has 17 heavy (non-hydrogen) atoms. The summed E-state index contributed by atoms with van der Waals surface area (Å²) in [4.78, 5) is 0. The summed E-state index contributed by atoms with van der Waals surface area (Å²) in [5.74, 6) is -1.13. The van der Waals surface area contributed by atoms with Crippen LogP contribution in [-0.2, 0) is 4.74 Å². The molecular formula is C13H19F2NO. The van der Waals surface area contributed by atoms with Gasteiger partial charge >= 0.3 is 0 Å². The van der Waals surface area contributed by atoms with E-state index in [2.05, 4.69) is 5.32 Å². The maximum Gasteiger partial charge on any atom is 0.126 e. The zero-order valence-electron chi connectivity index (χ0n) is 10.5. The first-order valence-electron chi connectivity index (χ1n) is 5.80. The molecule has 0 bridgehead atoms. The summed E-state index contributed by atoms with van der Waals surface area (Å²) in [6.45, 7) is 4.68. The fourth-order valence-electron chi connectivity index (χ4n) is 1.75. The van der Waals surface area contributed by atoms with Crippen molar-refractivity contribution in [1.82, 2.24) is 5.32 Å². The molecule has 96 valence electrons. The van der Waals surface area contributed by atoms with Gasteiger partial charge in [-0.3, -0.25) is 0 Å². The molecule has 2 atom stereocenters. The van der Waals surface area contributed by atoms with E-state index in [1.54, 1.807) is 7.11 Å². The molecule has 1 aromatic carbocycles. The van der Waals surface area contributed by atoms with Gasteiger partial charge in [-0.25, -0.2) is 8.78 Å². The van der Waals surface area contributed by atoms with E-state index in [0.717, 1.165) is 19.0 Å². The Balaban J connectivity index is 2.94. The summed E-state index contributed by atoms with van der Waals surface area (Å²) in [5.41, 5.74) is 0.574. The standard InChI is InChI=1S/C13H19F2NO/c1-4-5-16-13(9(2)17-3)10-6-11(14)8-12(15)7-10/h6-9,13,16H,4-5H2,1-3H3. The number of hydrogen-bond acceptors (Lipinski definition) is 2. The minimum atomic E-state index is -0.563. The lowest BCUT2D eigenvalue weighted by molar-refractivity contribution is 0.0828. The molecule has 1 aromatic rings. The third-order valence-corrected chi connectivity index (χ3v) is 2.70. The molecule has 0 saturated carbocycles. The smallest absolute Gasteiger partial charge is 0.126 e. The Bertz CT molecular complexity index is 337. The molecule has 0 aliphatic heterocycles. The molecule has 2 nitrogen and oxygen atoms in total. The highest BCUT2D eigenvalue weighted by atomic mass is 19.1. The average molecular weight is 243 g/mol. The summed E-state index contributed by atoms with van der Waals surface area (Å²) >= 11 is 0. The van der Waals surface area contributed by atoms with Crippen LogP contribution in [0.15, 0.2) is 18.2 Å². The number of hydrogen-bond donors (Lipinski definition) is 1. The Morgan fingerprint density at radius 2 is 1.82 bits per heavy atom. The minimum absolute atomic E-state index is 0.150. The van der Waals surface area contributed by atoms with Crippen molar-refractivity contribution < 1.29 is 13.5 Å². The predicted octanol–water partition coefficient (Wildman–Crippen LogP) is 3.04. The van der Waals surface area contributed by atoms with Gasteiger partial charge in [0.1, 0.15) is 11.6 Å². The summed E-state index contributed by atoms with van der Waals surface area (Å²) in [5, 5.41) is 3.23. The van der Waals surface area contributed by atoms with Crippen LogP contribution in [-0.4, -0.2) is 19.8 Å². The van der Waals surface area contributed by atoms with Crippen molar-refractivity contribution in [3.05, 3.63) is 35.4 Å². The molecule has 4 heteroatoms. The molecule has 2 unspecified atom stereocenters. The van der Waals surface area contributed by atoms with E-state index in [9.17, 15) is 8.78 Å². The van der Waals surface area contributed by atoms with Crippen LogP contribution in [0.25, 0.3) is 0 Å². The third kappa shape index (κ3) is 4.06. The molecule has 0 radical (unpaired) electrons. The normalized spacial score (nSPS) is 14.6. The monoisotopic (exact) mass is 243 g/mol. The number of benzene rings is 1. The lowest BCUT2D eigenvalue weighted by Gasteiger charge is -2.24. The van der Waals surface area contributed by atoms with Crippen molar-refractivity contribution >= 4 is 0 Å². The topological polar surface area (TPSA) is 21.3 Å². The highest BCUT2D eigenvalue weighted by Gasteiger charge is 2.19. The van der Waals surface area contributed by atoms with E-state index in [0.29, 0.717) is 5.56 Å². The van der Waals surface area contributed by atoms with Crippen molar-refractivity contribution in [2.45, 2.75) is 32.4 Å². The maximum absolute atomic E-state index is 13.2. The van der Waals surface area contributed by atoms with Crippen LogP contribution in [0.1, 0.15) is 31.9 Å². The number of nitrogens with one attached hydrogen (secondary N) is 1. The zero-order chi connectivity index (χ0) is 12.8. The molecule has 1 N–H and O–H groups in total. The predicted molar refractivity (Wildman–Crippen MR) is 63.9 cm³/mol. The summed E-state index contributed by atoms with van der Waals surface area (Å²) in [7, 11) is 1.58. The van der Waals surface area contributed by atoms with Gasteiger partial charge in [-0.1, -0.05) is 6.92 Å². The van der Waals surface area contributed by atoms with Crippen molar-refractivity contribution in [2.75, 3.05) is 13.7 Å². The van der Waals surface area contributed by atoms with Gasteiger partial charge < -0.3 is 10.1 Å². The van der Waals surface area contributed by atoms with Crippen LogP contribution in [0.3, 0.4) is 0 Å².